The molecule has 1 aliphatic heterocycles. The second kappa shape index (κ2) is 6.29. The Morgan fingerprint density at radius 2 is 2.32 bits per heavy atom. The van der Waals surface area contributed by atoms with Crippen molar-refractivity contribution in [3.8, 4) is 0 Å². The summed E-state index contributed by atoms with van der Waals surface area (Å²) in [4.78, 5) is 27.0. The number of hydrogen-bond acceptors (Lipinski definition) is 6. The van der Waals surface area contributed by atoms with Gasteiger partial charge in [-0.25, -0.2) is 9.78 Å². The summed E-state index contributed by atoms with van der Waals surface area (Å²) in [5.41, 5.74) is 0.334. The highest BCUT2D eigenvalue weighted by atomic mass is 32.1. The standard InChI is InChI=1S/C14H14N2O5S/c17-12(15-6-8-3-4-11(21-8)14(18)19)9-7-22-13(16-9)10-2-1-5-20-10/h3-4,7,10H,1-2,5-6H2,(H,15,17)(H,18,19). The molecule has 2 aromatic rings. The third-order valence-electron chi connectivity index (χ3n) is 3.26. The fourth-order valence-corrected chi connectivity index (χ4v) is 3.04. The maximum Gasteiger partial charge on any atom is 0.371 e. The van der Waals surface area contributed by atoms with Crippen LogP contribution in [-0.2, 0) is 11.3 Å². The van der Waals surface area contributed by atoms with E-state index in [-0.39, 0.29) is 24.3 Å². The van der Waals surface area contributed by atoms with Crippen LogP contribution in [0.25, 0.3) is 0 Å². The predicted molar refractivity (Wildman–Crippen MR) is 76.9 cm³/mol. The Morgan fingerprint density at radius 1 is 1.45 bits per heavy atom. The minimum atomic E-state index is -1.14. The predicted octanol–water partition coefficient (Wildman–Crippen LogP) is 2.22. The monoisotopic (exact) mass is 322 g/mol. The van der Waals surface area contributed by atoms with E-state index in [1.54, 1.807) is 5.38 Å². The van der Waals surface area contributed by atoms with Crippen LogP contribution in [0.1, 0.15) is 50.8 Å². The largest absolute Gasteiger partial charge is 0.475 e. The Bertz CT molecular complexity index is 687. The lowest BCUT2D eigenvalue weighted by molar-refractivity contribution is 0.0660. The smallest absolute Gasteiger partial charge is 0.371 e. The highest BCUT2D eigenvalue weighted by Gasteiger charge is 2.22. The summed E-state index contributed by atoms with van der Waals surface area (Å²) < 4.78 is 10.6. The van der Waals surface area contributed by atoms with E-state index in [0.717, 1.165) is 24.5 Å². The van der Waals surface area contributed by atoms with Crippen LogP contribution in [-0.4, -0.2) is 28.6 Å². The first-order chi connectivity index (χ1) is 10.6. The van der Waals surface area contributed by atoms with E-state index in [1.807, 2.05) is 0 Å². The van der Waals surface area contributed by atoms with Gasteiger partial charge in [-0.05, 0) is 25.0 Å². The average Bonchev–Trinajstić information content (AvgIpc) is 3.23. The minimum Gasteiger partial charge on any atom is -0.475 e. The highest BCUT2D eigenvalue weighted by molar-refractivity contribution is 7.09. The fourth-order valence-electron chi connectivity index (χ4n) is 2.16. The number of amides is 1. The molecule has 3 rings (SSSR count). The van der Waals surface area contributed by atoms with E-state index in [4.69, 9.17) is 14.3 Å². The number of nitrogens with zero attached hydrogens (tertiary/aromatic N) is 1. The SMILES string of the molecule is O=C(NCc1ccc(C(=O)O)o1)c1csc(C2CCCO2)n1. The third-order valence-corrected chi connectivity index (χ3v) is 4.19. The molecular weight excluding hydrogens is 308 g/mol. The topological polar surface area (TPSA) is 102 Å². The summed E-state index contributed by atoms with van der Waals surface area (Å²) in [6.45, 7) is 0.842. The van der Waals surface area contributed by atoms with Gasteiger partial charge in [-0.3, -0.25) is 4.79 Å². The van der Waals surface area contributed by atoms with E-state index in [2.05, 4.69) is 10.3 Å². The van der Waals surface area contributed by atoms with E-state index in [0.29, 0.717) is 11.5 Å². The van der Waals surface area contributed by atoms with Gasteiger partial charge in [-0.1, -0.05) is 0 Å². The average molecular weight is 322 g/mol. The summed E-state index contributed by atoms with van der Waals surface area (Å²) in [5, 5.41) is 13.9. The van der Waals surface area contributed by atoms with Crippen molar-refractivity contribution >= 4 is 23.2 Å². The van der Waals surface area contributed by atoms with Gasteiger partial charge < -0.3 is 19.6 Å². The molecule has 2 aromatic heterocycles. The summed E-state index contributed by atoms with van der Waals surface area (Å²) in [7, 11) is 0. The minimum absolute atomic E-state index is 0.00486. The second-order valence-electron chi connectivity index (χ2n) is 4.83. The quantitative estimate of drug-likeness (QED) is 0.875. The number of nitrogens with one attached hydrogen (secondary N) is 1. The summed E-state index contributed by atoms with van der Waals surface area (Å²) in [5.74, 6) is -1.24. The van der Waals surface area contributed by atoms with Gasteiger partial charge in [0.15, 0.2) is 0 Å². The molecule has 1 aliphatic rings. The normalized spacial score (nSPS) is 17.5. The van der Waals surface area contributed by atoms with Gasteiger partial charge in [0.2, 0.25) is 5.76 Å². The number of aromatic nitrogens is 1. The Morgan fingerprint density at radius 3 is 3.00 bits per heavy atom. The lowest BCUT2D eigenvalue weighted by Gasteiger charge is -2.04. The van der Waals surface area contributed by atoms with Crippen LogP contribution in [0.15, 0.2) is 21.9 Å². The molecule has 3 heterocycles. The third kappa shape index (κ3) is 3.18. The number of thiazole rings is 1. The maximum atomic E-state index is 12.0. The van der Waals surface area contributed by atoms with Crippen LogP contribution in [0.4, 0.5) is 0 Å². The Labute approximate surface area is 129 Å². The Balaban J connectivity index is 1.58. The van der Waals surface area contributed by atoms with Crippen LogP contribution >= 0.6 is 11.3 Å². The molecule has 0 saturated carbocycles. The molecule has 1 amide bonds. The summed E-state index contributed by atoms with van der Waals surface area (Å²) >= 11 is 1.41. The molecular formula is C14H14N2O5S. The number of carboxylic acid groups (broad SMARTS) is 1. The number of hydrogen-bond donors (Lipinski definition) is 2. The molecule has 1 unspecified atom stereocenters. The van der Waals surface area contributed by atoms with Gasteiger partial charge >= 0.3 is 5.97 Å². The van der Waals surface area contributed by atoms with E-state index in [9.17, 15) is 9.59 Å². The zero-order chi connectivity index (χ0) is 15.5. The van der Waals surface area contributed by atoms with Gasteiger partial charge in [0, 0.05) is 12.0 Å². The van der Waals surface area contributed by atoms with Gasteiger partial charge in [-0.2, -0.15) is 0 Å². The first-order valence-corrected chi connectivity index (χ1v) is 7.68. The molecule has 7 nitrogen and oxygen atoms in total. The number of ether oxygens (including phenoxy) is 1. The molecule has 0 radical (unpaired) electrons. The van der Waals surface area contributed by atoms with Crippen LogP contribution < -0.4 is 5.32 Å². The number of rotatable bonds is 5. The van der Waals surface area contributed by atoms with Gasteiger partial charge in [-0.15, -0.1) is 11.3 Å². The van der Waals surface area contributed by atoms with Crippen molar-refractivity contribution in [1.29, 1.82) is 0 Å². The van der Waals surface area contributed by atoms with Crippen molar-refractivity contribution in [2.75, 3.05) is 6.61 Å². The van der Waals surface area contributed by atoms with Crippen LogP contribution in [0.3, 0.4) is 0 Å². The van der Waals surface area contributed by atoms with Crippen LogP contribution in [0, 0.1) is 0 Å². The molecule has 1 atom stereocenters. The molecule has 8 heteroatoms. The zero-order valence-electron chi connectivity index (χ0n) is 11.6. The van der Waals surface area contributed by atoms with E-state index >= 15 is 0 Å². The van der Waals surface area contributed by atoms with Gasteiger partial charge in [0.05, 0.1) is 6.54 Å². The second-order valence-corrected chi connectivity index (χ2v) is 5.72. The Kier molecular flexibility index (Phi) is 4.21. The summed E-state index contributed by atoms with van der Waals surface area (Å²) in [6.07, 6.45) is 1.93. The molecule has 1 fully saturated rings. The molecule has 0 spiro atoms. The van der Waals surface area contributed by atoms with Crippen molar-refractivity contribution in [3.63, 3.8) is 0 Å². The lowest BCUT2D eigenvalue weighted by atomic mass is 10.2. The van der Waals surface area contributed by atoms with Crippen molar-refractivity contribution in [2.45, 2.75) is 25.5 Å². The van der Waals surface area contributed by atoms with Crippen molar-refractivity contribution in [1.82, 2.24) is 10.3 Å². The van der Waals surface area contributed by atoms with Crippen molar-refractivity contribution < 1.29 is 23.8 Å². The molecule has 0 aliphatic carbocycles. The van der Waals surface area contributed by atoms with Crippen LogP contribution in [0.5, 0.6) is 0 Å². The lowest BCUT2D eigenvalue weighted by Crippen LogP contribution is -2.23. The van der Waals surface area contributed by atoms with Crippen molar-refractivity contribution in [3.05, 3.63) is 39.7 Å². The molecule has 1 saturated heterocycles. The molecule has 116 valence electrons. The number of carboxylic acids is 1. The first kappa shape index (κ1) is 14.7. The molecule has 2 N–H and O–H groups in total. The van der Waals surface area contributed by atoms with Crippen LogP contribution in [0.2, 0.25) is 0 Å². The van der Waals surface area contributed by atoms with Gasteiger partial charge in [0.25, 0.3) is 5.91 Å². The summed E-state index contributed by atoms with van der Waals surface area (Å²) in [6, 6.07) is 2.87. The van der Waals surface area contributed by atoms with E-state index < -0.39 is 5.97 Å². The number of carbonyl (C=O) groups is 2. The van der Waals surface area contributed by atoms with E-state index in [1.165, 1.54) is 23.5 Å². The first-order valence-electron chi connectivity index (χ1n) is 6.80. The molecule has 0 bridgehead atoms. The molecule has 22 heavy (non-hydrogen) atoms. The zero-order valence-corrected chi connectivity index (χ0v) is 12.4. The maximum absolute atomic E-state index is 12.0. The number of furan rings is 1. The van der Waals surface area contributed by atoms with Gasteiger partial charge in [0.1, 0.15) is 22.6 Å². The Hall–Kier alpha value is -2.19. The van der Waals surface area contributed by atoms with Crippen molar-refractivity contribution in [2.24, 2.45) is 0 Å². The number of aromatic carboxylic acids is 1. The molecule has 0 aromatic carbocycles. The fraction of sp³-hybridized carbons (Fsp3) is 0.357. The number of carbonyl (C=O) groups excluding carboxylic acids is 1. The highest BCUT2D eigenvalue weighted by Crippen LogP contribution is 2.30.